The summed E-state index contributed by atoms with van der Waals surface area (Å²) in [6.45, 7) is 6.90. The van der Waals surface area contributed by atoms with Gasteiger partial charge in [0.2, 0.25) is 7.44 Å². The van der Waals surface area contributed by atoms with Crippen molar-refractivity contribution < 1.29 is 19.2 Å². The van der Waals surface area contributed by atoms with Gasteiger partial charge >= 0.3 is 5.97 Å². The molecule has 3 atom stereocenters. The molecule has 184 valence electrons. The molecule has 0 fully saturated rings. The van der Waals surface area contributed by atoms with Crippen LogP contribution in [0.5, 0.6) is 0 Å². The summed E-state index contributed by atoms with van der Waals surface area (Å²) < 4.78 is 21.5. The number of nitrogens with two attached hydrogens (primary N) is 1. The standard InChI is InChI=1S/C21H29ClN7O4P/c1-13(9-29-11-26-17-18(23)24-10-25-19(17)29)33-12-34(32,28-21(3,4)20(30)31)27-14(2)15-5-7-16(22)8-6-15/h5-8,10-11,13-14H,9,12H2,1-4H3,(H,30,31)(H2,23,24,25)(H2,27,28,32)/t13-,14-,34-/m1/s1. The van der Waals surface area contributed by atoms with Crippen molar-refractivity contribution in [3.8, 4) is 0 Å². The van der Waals surface area contributed by atoms with Crippen LogP contribution in [-0.4, -0.2) is 48.6 Å². The first-order chi connectivity index (χ1) is 15.9. The first-order valence-electron chi connectivity index (χ1n) is 10.6. The number of ether oxygens (including phenoxy) is 1. The average molecular weight is 510 g/mol. The van der Waals surface area contributed by atoms with Crippen LogP contribution in [0.15, 0.2) is 36.9 Å². The number of nitrogens with one attached hydrogen (secondary N) is 2. The third-order valence-electron chi connectivity index (χ3n) is 5.19. The van der Waals surface area contributed by atoms with Crippen LogP contribution in [-0.2, 0) is 20.6 Å². The van der Waals surface area contributed by atoms with E-state index >= 15 is 0 Å². The molecule has 3 aromatic rings. The van der Waals surface area contributed by atoms with Crippen molar-refractivity contribution in [1.29, 1.82) is 0 Å². The summed E-state index contributed by atoms with van der Waals surface area (Å²) in [5.74, 6) is -0.855. The van der Waals surface area contributed by atoms with Crippen molar-refractivity contribution in [3.05, 3.63) is 47.5 Å². The molecule has 0 aliphatic rings. The number of carboxylic acid groups (broad SMARTS) is 1. The summed E-state index contributed by atoms with van der Waals surface area (Å²) in [5, 5.41) is 16.0. The predicted octanol–water partition coefficient (Wildman–Crippen LogP) is 3.42. The highest BCUT2D eigenvalue weighted by Crippen LogP contribution is 2.42. The monoisotopic (exact) mass is 509 g/mol. The van der Waals surface area contributed by atoms with E-state index in [1.807, 2.05) is 26.0 Å². The lowest BCUT2D eigenvalue weighted by molar-refractivity contribution is -0.142. The van der Waals surface area contributed by atoms with E-state index in [1.54, 1.807) is 23.0 Å². The molecule has 0 aliphatic carbocycles. The number of aromatic nitrogens is 4. The fourth-order valence-electron chi connectivity index (χ4n) is 3.33. The second kappa shape index (κ2) is 10.4. The Morgan fingerprint density at radius 1 is 1.26 bits per heavy atom. The van der Waals surface area contributed by atoms with Crippen LogP contribution in [0.3, 0.4) is 0 Å². The predicted molar refractivity (Wildman–Crippen MR) is 131 cm³/mol. The number of hydrogen-bond donors (Lipinski definition) is 4. The number of nitrogen functional groups attached to an aromatic ring is 1. The van der Waals surface area contributed by atoms with Crippen molar-refractivity contribution in [1.82, 2.24) is 29.7 Å². The van der Waals surface area contributed by atoms with Gasteiger partial charge < -0.3 is 20.1 Å². The highest BCUT2D eigenvalue weighted by atomic mass is 35.5. The molecule has 0 radical (unpaired) electrons. The van der Waals surface area contributed by atoms with Crippen molar-refractivity contribution in [3.63, 3.8) is 0 Å². The van der Waals surface area contributed by atoms with E-state index in [0.29, 0.717) is 22.7 Å². The van der Waals surface area contributed by atoms with Crippen molar-refractivity contribution in [2.24, 2.45) is 0 Å². The Bertz CT molecular complexity index is 1200. The summed E-state index contributed by atoms with van der Waals surface area (Å²) in [6, 6.07) is 6.73. The zero-order valence-corrected chi connectivity index (χ0v) is 21.0. The van der Waals surface area contributed by atoms with Crippen LogP contribution in [0, 0.1) is 0 Å². The van der Waals surface area contributed by atoms with Gasteiger partial charge in [-0.1, -0.05) is 23.7 Å². The van der Waals surface area contributed by atoms with Crippen molar-refractivity contribution in [2.75, 3.05) is 12.1 Å². The van der Waals surface area contributed by atoms with Gasteiger partial charge in [-0.2, -0.15) is 0 Å². The molecule has 3 rings (SSSR count). The van der Waals surface area contributed by atoms with Gasteiger partial charge in [-0.25, -0.2) is 25.1 Å². The SMILES string of the molecule is C[C@H](Cn1cnc2c(N)ncnc21)OC[P@@](=O)(N[C@H](C)c1ccc(Cl)cc1)NC(C)(C)C(=O)O. The van der Waals surface area contributed by atoms with Crippen LogP contribution in [0.25, 0.3) is 11.2 Å². The number of imidazole rings is 1. The van der Waals surface area contributed by atoms with Crippen LogP contribution in [0.2, 0.25) is 5.02 Å². The number of hydrogen-bond acceptors (Lipinski definition) is 7. The third-order valence-corrected chi connectivity index (χ3v) is 7.68. The molecule has 1 aromatic carbocycles. The Labute approximate surface area is 202 Å². The maximum atomic E-state index is 13.9. The summed E-state index contributed by atoms with van der Waals surface area (Å²) in [5.41, 5.74) is 6.27. The number of rotatable bonds is 11. The second-order valence-electron chi connectivity index (χ2n) is 8.62. The van der Waals surface area contributed by atoms with Gasteiger partial charge in [-0.15, -0.1) is 0 Å². The Balaban J connectivity index is 1.74. The molecule has 11 nitrogen and oxygen atoms in total. The molecule has 0 unspecified atom stereocenters. The zero-order chi connectivity index (χ0) is 25.1. The fourth-order valence-corrected chi connectivity index (χ4v) is 5.90. The minimum atomic E-state index is -3.53. The molecule has 0 spiro atoms. The molecule has 13 heteroatoms. The topological polar surface area (TPSA) is 157 Å². The van der Waals surface area contributed by atoms with Gasteiger partial charge in [-0.05, 0) is 45.4 Å². The largest absolute Gasteiger partial charge is 0.480 e. The van der Waals surface area contributed by atoms with E-state index in [0.717, 1.165) is 5.56 Å². The summed E-state index contributed by atoms with van der Waals surface area (Å²) in [6.07, 6.45) is 2.30. The Morgan fingerprint density at radius 2 is 1.94 bits per heavy atom. The third kappa shape index (κ3) is 6.31. The van der Waals surface area contributed by atoms with Gasteiger partial charge in [0.1, 0.15) is 23.7 Å². The van der Waals surface area contributed by atoms with E-state index < -0.39 is 25.1 Å². The molecular weight excluding hydrogens is 481 g/mol. The molecule has 0 saturated heterocycles. The average Bonchev–Trinajstić information content (AvgIpc) is 3.16. The Hall–Kier alpha value is -2.56. The van der Waals surface area contributed by atoms with Crippen LogP contribution in [0.1, 0.15) is 39.3 Å². The molecule has 34 heavy (non-hydrogen) atoms. The van der Waals surface area contributed by atoms with Gasteiger partial charge in [0, 0.05) is 11.1 Å². The maximum absolute atomic E-state index is 13.9. The normalized spacial score (nSPS) is 15.7. The van der Waals surface area contributed by atoms with Gasteiger partial charge in [0.05, 0.1) is 19.0 Å². The quantitative estimate of drug-likeness (QED) is 0.282. The number of carboxylic acids is 1. The number of fused-ring (bicyclic) bond motifs is 1. The first-order valence-corrected chi connectivity index (χ1v) is 12.9. The summed E-state index contributed by atoms with van der Waals surface area (Å²) >= 11 is 5.97. The van der Waals surface area contributed by atoms with E-state index in [-0.39, 0.29) is 18.2 Å². The lowest BCUT2D eigenvalue weighted by Gasteiger charge is -2.32. The number of carbonyl (C=O) groups is 1. The van der Waals surface area contributed by atoms with Crippen LogP contribution in [0.4, 0.5) is 5.82 Å². The molecule has 0 amide bonds. The highest BCUT2D eigenvalue weighted by molar-refractivity contribution is 7.59. The van der Waals surface area contributed by atoms with E-state index in [4.69, 9.17) is 22.1 Å². The van der Waals surface area contributed by atoms with Crippen molar-refractivity contribution >= 4 is 42.0 Å². The van der Waals surface area contributed by atoms with Gasteiger partial charge in [0.25, 0.3) is 0 Å². The van der Waals surface area contributed by atoms with Crippen LogP contribution >= 0.6 is 19.0 Å². The fraction of sp³-hybridized carbons (Fsp3) is 0.429. The number of nitrogens with zero attached hydrogens (tertiary/aromatic N) is 4. The van der Waals surface area contributed by atoms with E-state index in [1.165, 1.54) is 20.2 Å². The Morgan fingerprint density at radius 3 is 2.59 bits per heavy atom. The van der Waals surface area contributed by atoms with Crippen LogP contribution < -0.4 is 15.9 Å². The number of anilines is 1. The second-order valence-corrected chi connectivity index (χ2v) is 11.3. The molecule has 5 N–H and O–H groups in total. The van der Waals surface area contributed by atoms with E-state index in [2.05, 4.69) is 25.1 Å². The van der Waals surface area contributed by atoms with Gasteiger partial charge in [-0.3, -0.25) is 9.36 Å². The molecule has 0 saturated carbocycles. The number of halogens is 1. The Kier molecular flexibility index (Phi) is 7.95. The number of aliphatic carboxylic acids is 1. The molecule has 2 aromatic heterocycles. The van der Waals surface area contributed by atoms with E-state index in [9.17, 15) is 14.5 Å². The molecular formula is C21H29ClN7O4P. The summed E-state index contributed by atoms with van der Waals surface area (Å²) in [4.78, 5) is 24.1. The molecule has 2 heterocycles. The van der Waals surface area contributed by atoms with Crippen molar-refractivity contribution in [2.45, 2.75) is 51.9 Å². The first kappa shape index (κ1) is 26.1. The molecule has 0 aliphatic heterocycles. The van der Waals surface area contributed by atoms with Gasteiger partial charge in [0.15, 0.2) is 11.5 Å². The maximum Gasteiger partial charge on any atom is 0.323 e. The smallest absolute Gasteiger partial charge is 0.323 e. The zero-order valence-electron chi connectivity index (χ0n) is 19.4. The minimum absolute atomic E-state index is 0.243. The lowest BCUT2D eigenvalue weighted by Crippen LogP contribution is -2.47. The summed E-state index contributed by atoms with van der Waals surface area (Å²) in [7, 11) is -3.53. The minimum Gasteiger partial charge on any atom is -0.480 e. The lowest BCUT2D eigenvalue weighted by atomic mass is 10.1. The highest BCUT2D eigenvalue weighted by Gasteiger charge is 2.37. The molecule has 0 bridgehead atoms. The number of benzene rings is 1.